The highest BCUT2D eigenvalue weighted by atomic mass is 14.7. The van der Waals surface area contributed by atoms with Crippen LogP contribution in [0.25, 0.3) is 0 Å². The van der Waals surface area contributed by atoms with E-state index >= 15 is 0 Å². The van der Waals surface area contributed by atoms with Crippen LogP contribution in [0.3, 0.4) is 0 Å². The van der Waals surface area contributed by atoms with Gasteiger partial charge in [-0.25, -0.2) is 0 Å². The van der Waals surface area contributed by atoms with E-state index < -0.39 is 0 Å². The van der Waals surface area contributed by atoms with Crippen LogP contribution in [0.15, 0.2) is 64.9 Å². The molecule has 0 amide bonds. The SMILES string of the molecule is CC(C)C1=CN=C(C2CC=C3C=CCCC3C2)CC1C1C=CC=CC1. The van der Waals surface area contributed by atoms with Gasteiger partial charge in [-0.05, 0) is 73.3 Å². The maximum absolute atomic E-state index is 5.00. The molecule has 1 nitrogen and oxygen atoms in total. The van der Waals surface area contributed by atoms with Crippen LogP contribution in [0.2, 0.25) is 0 Å². The third kappa shape index (κ3) is 3.52. The van der Waals surface area contributed by atoms with E-state index in [1.54, 1.807) is 11.1 Å². The van der Waals surface area contributed by atoms with Crippen LogP contribution in [0.4, 0.5) is 0 Å². The third-order valence-corrected chi connectivity index (χ3v) is 6.58. The molecule has 4 aliphatic rings. The zero-order valence-electron chi connectivity index (χ0n) is 15.7. The van der Waals surface area contributed by atoms with Crippen molar-refractivity contribution in [2.75, 3.05) is 0 Å². The van der Waals surface area contributed by atoms with Crippen molar-refractivity contribution in [3.63, 3.8) is 0 Å². The summed E-state index contributed by atoms with van der Waals surface area (Å²) in [6, 6.07) is 0. The molecule has 0 spiro atoms. The highest BCUT2D eigenvalue weighted by Crippen LogP contribution is 2.41. The summed E-state index contributed by atoms with van der Waals surface area (Å²) in [4.78, 5) is 5.00. The van der Waals surface area contributed by atoms with Crippen molar-refractivity contribution in [1.82, 2.24) is 0 Å². The second-order valence-electron chi connectivity index (χ2n) is 8.48. The quantitative estimate of drug-likeness (QED) is 0.565. The number of allylic oxidation sites excluding steroid dienone is 9. The molecule has 25 heavy (non-hydrogen) atoms. The first kappa shape index (κ1) is 16.8. The summed E-state index contributed by atoms with van der Waals surface area (Å²) in [5.74, 6) is 3.33. The molecule has 0 aromatic carbocycles. The van der Waals surface area contributed by atoms with E-state index in [0.717, 1.165) is 5.92 Å². The minimum Gasteiger partial charge on any atom is -0.265 e. The van der Waals surface area contributed by atoms with Gasteiger partial charge in [0.05, 0.1) is 0 Å². The number of fused-ring (bicyclic) bond motifs is 1. The average Bonchev–Trinajstić information content (AvgIpc) is 2.67. The molecular formula is C24H31N. The van der Waals surface area contributed by atoms with Crippen molar-refractivity contribution in [1.29, 1.82) is 0 Å². The molecule has 0 N–H and O–H groups in total. The molecule has 1 heterocycles. The molecule has 0 radical (unpaired) electrons. The molecule has 1 aliphatic heterocycles. The molecule has 0 bridgehead atoms. The van der Waals surface area contributed by atoms with Crippen LogP contribution >= 0.6 is 0 Å². The van der Waals surface area contributed by atoms with Crippen LogP contribution in [0.1, 0.15) is 52.4 Å². The van der Waals surface area contributed by atoms with E-state index in [4.69, 9.17) is 4.99 Å². The molecule has 4 atom stereocenters. The van der Waals surface area contributed by atoms with Gasteiger partial charge in [-0.15, -0.1) is 0 Å². The Morgan fingerprint density at radius 3 is 2.80 bits per heavy atom. The fourth-order valence-electron chi connectivity index (χ4n) is 5.09. The molecule has 0 fully saturated rings. The fourth-order valence-corrected chi connectivity index (χ4v) is 5.09. The largest absolute Gasteiger partial charge is 0.265 e. The zero-order chi connectivity index (χ0) is 17.2. The van der Waals surface area contributed by atoms with Crippen molar-refractivity contribution in [3.8, 4) is 0 Å². The van der Waals surface area contributed by atoms with Crippen LogP contribution < -0.4 is 0 Å². The van der Waals surface area contributed by atoms with E-state index in [2.05, 4.69) is 62.6 Å². The smallest absolute Gasteiger partial charge is 0.0265 e. The summed E-state index contributed by atoms with van der Waals surface area (Å²) in [5.41, 5.74) is 4.62. The summed E-state index contributed by atoms with van der Waals surface area (Å²) >= 11 is 0. The highest BCUT2D eigenvalue weighted by molar-refractivity contribution is 5.89. The zero-order valence-corrected chi connectivity index (χ0v) is 15.7. The minimum absolute atomic E-state index is 0.593. The van der Waals surface area contributed by atoms with Crippen molar-refractivity contribution < 1.29 is 0 Å². The van der Waals surface area contributed by atoms with Gasteiger partial charge in [0, 0.05) is 17.8 Å². The number of aliphatic imine (C=N–C) groups is 1. The van der Waals surface area contributed by atoms with E-state index in [0.29, 0.717) is 23.7 Å². The van der Waals surface area contributed by atoms with Crippen LogP contribution in [0.5, 0.6) is 0 Å². The van der Waals surface area contributed by atoms with Crippen molar-refractivity contribution in [2.24, 2.45) is 34.6 Å². The molecule has 132 valence electrons. The van der Waals surface area contributed by atoms with E-state index in [1.165, 1.54) is 44.2 Å². The summed E-state index contributed by atoms with van der Waals surface area (Å²) in [7, 11) is 0. The molecule has 4 rings (SSSR count). The normalized spacial score (nSPS) is 34.4. The van der Waals surface area contributed by atoms with Crippen LogP contribution in [-0.2, 0) is 0 Å². The van der Waals surface area contributed by atoms with Gasteiger partial charge in [-0.1, -0.05) is 56.4 Å². The Labute approximate surface area is 153 Å². The van der Waals surface area contributed by atoms with Gasteiger partial charge in [0.2, 0.25) is 0 Å². The molecule has 0 aromatic heterocycles. The van der Waals surface area contributed by atoms with Crippen molar-refractivity contribution in [3.05, 3.63) is 59.9 Å². The summed E-state index contributed by atoms with van der Waals surface area (Å²) in [6.07, 6.45) is 26.1. The lowest BCUT2D eigenvalue weighted by Crippen LogP contribution is -2.30. The molecule has 0 saturated carbocycles. The fraction of sp³-hybridized carbons (Fsp3) is 0.542. The second-order valence-corrected chi connectivity index (χ2v) is 8.48. The third-order valence-electron chi connectivity index (χ3n) is 6.58. The van der Waals surface area contributed by atoms with E-state index in [1.807, 2.05) is 0 Å². The number of rotatable bonds is 3. The number of hydrogen-bond donors (Lipinski definition) is 0. The van der Waals surface area contributed by atoms with Gasteiger partial charge < -0.3 is 0 Å². The molecular weight excluding hydrogens is 302 g/mol. The first-order valence-corrected chi connectivity index (χ1v) is 10.2. The van der Waals surface area contributed by atoms with E-state index in [9.17, 15) is 0 Å². The Morgan fingerprint density at radius 2 is 2.00 bits per heavy atom. The standard InChI is InChI=1S/C24H31N/c1-17(2)23-16-25-24(15-22(23)19-9-4-3-5-10-19)21-13-12-18-8-6-7-11-20(18)14-21/h3-6,8-9,12,16-17,19-22H,7,10-11,13-15H2,1-2H3. The highest BCUT2D eigenvalue weighted by Gasteiger charge is 2.33. The lowest BCUT2D eigenvalue weighted by Gasteiger charge is -2.37. The summed E-state index contributed by atoms with van der Waals surface area (Å²) in [5, 5.41) is 0. The maximum atomic E-state index is 5.00. The van der Waals surface area contributed by atoms with Crippen LogP contribution in [0, 0.1) is 29.6 Å². The summed E-state index contributed by atoms with van der Waals surface area (Å²) in [6.45, 7) is 4.65. The Kier molecular flexibility index (Phi) is 4.92. The summed E-state index contributed by atoms with van der Waals surface area (Å²) < 4.78 is 0. The molecule has 3 aliphatic carbocycles. The monoisotopic (exact) mass is 333 g/mol. The maximum Gasteiger partial charge on any atom is 0.0265 e. The predicted octanol–water partition coefficient (Wildman–Crippen LogP) is 6.42. The Balaban J connectivity index is 1.54. The van der Waals surface area contributed by atoms with Gasteiger partial charge in [0.15, 0.2) is 0 Å². The van der Waals surface area contributed by atoms with Gasteiger partial charge in [-0.3, -0.25) is 4.99 Å². The van der Waals surface area contributed by atoms with Crippen molar-refractivity contribution >= 4 is 5.71 Å². The van der Waals surface area contributed by atoms with Gasteiger partial charge in [0.1, 0.15) is 0 Å². The first-order valence-electron chi connectivity index (χ1n) is 10.2. The molecule has 0 aromatic rings. The Morgan fingerprint density at radius 1 is 1.08 bits per heavy atom. The predicted molar refractivity (Wildman–Crippen MR) is 108 cm³/mol. The van der Waals surface area contributed by atoms with Crippen molar-refractivity contribution in [2.45, 2.75) is 52.4 Å². The lowest BCUT2D eigenvalue weighted by molar-refractivity contribution is 0.398. The molecule has 1 heteroatoms. The molecule has 0 saturated heterocycles. The first-order chi connectivity index (χ1) is 12.2. The van der Waals surface area contributed by atoms with E-state index in [-0.39, 0.29) is 0 Å². The molecule has 4 unspecified atom stereocenters. The lowest BCUT2D eigenvalue weighted by atomic mass is 9.70. The average molecular weight is 334 g/mol. The van der Waals surface area contributed by atoms with Gasteiger partial charge in [0.25, 0.3) is 0 Å². The minimum atomic E-state index is 0.593. The van der Waals surface area contributed by atoms with Gasteiger partial charge >= 0.3 is 0 Å². The Bertz CT molecular complexity index is 683. The van der Waals surface area contributed by atoms with Gasteiger partial charge in [-0.2, -0.15) is 0 Å². The topological polar surface area (TPSA) is 12.4 Å². The van der Waals surface area contributed by atoms with Crippen LogP contribution in [-0.4, -0.2) is 5.71 Å². The number of hydrogen-bond acceptors (Lipinski definition) is 1. The Hall–Kier alpha value is -1.63. The number of nitrogens with zero attached hydrogens (tertiary/aromatic N) is 1. The second kappa shape index (κ2) is 7.32.